The Balaban J connectivity index is 1.78. The maximum Gasteiger partial charge on any atom is 0.282 e. The van der Waals surface area contributed by atoms with Crippen molar-refractivity contribution in [2.24, 2.45) is 0 Å². The highest BCUT2D eigenvalue weighted by Gasteiger charge is 2.40. The van der Waals surface area contributed by atoms with Gasteiger partial charge in [0.1, 0.15) is 5.70 Å². The second-order valence-corrected chi connectivity index (χ2v) is 9.97. The van der Waals surface area contributed by atoms with Crippen molar-refractivity contribution in [3.63, 3.8) is 0 Å². The molecule has 4 heteroatoms. The third-order valence-electron chi connectivity index (χ3n) is 6.50. The minimum atomic E-state index is -0.345. The number of anilines is 2. The third-order valence-corrected chi connectivity index (χ3v) is 6.50. The molecule has 0 aromatic heterocycles. The van der Waals surface area contributed by atoms with Crippen molar-refractivity contribution in [3.05, 3.63) is 100 Å². The maximum atomic E-state index is 13.7. The number of imide groups is 1. The van der Waals surface area contributed by atoms with E-state index in [0.29, 0.717) is 17.0 Å². The topological polar surface area (TPSA) is 49.4 Å². The van der Waals surface area contributed by atoms with Crippen LogP contribution in [0.2, 0.25) is 0 Å². The normalized spacial score (nSPS) is 14.2. The largest absolute Gasteiger partial charge is 0.350 e. The van der Waals surface area contributed by atoms with Crippen LogP contribution in [0.1, 0.15) is 55.5 Å². The summed E-state index contributed by atoms with van der Waals surface area (Å²) < 4.78 is 0. The lowest BCUT2D eigenvalue weighted by atomic mass is 9.87. The first kappa shape index (κ1) is 23.5. The molecule has 4 nitrogen and oxygen atoms in total. The number of carbonyl (C=O) groups excluding carboxylic acids is 2. The molecule has 0 bridgehead atoms. The van der Waals surface area contributed by atoms with Crippen LogP contribution in [0.5, 0.6) is 0 Å². The molecule has 0 saturated heterocycles. The Bertz CT molecular complexity index is 1280. The summed E-state index contributed by atoms with van der Waals surface area (Å²) >= 11 is 0. The summed E-state index contributed by atoms with van der Waals surface area (Å²) in [7, 11) is 0. The van der Waals surface area contributed by atoms with Crippen LogP contribution in [0, 0.1) is 13.8 Å². The van der Waals surface area contributed by atoms with Gasteiger partial charge >= 0.3 is 0 Å². The summed E-state index contributed by atoms with van der Waals surface area (Å²) in [5.74, 6) is -0.659. The van der Waals surface area contributed by atoms with E-state index in [1.807, 2.05) is 68.4 Å². The molecule has 1 N–H and O–H groups in total. The minimum Gasteiger partial charge on any atom is -0.350 e. The maximum absolute atomic E-state index is 13.7. The Morgan fingerprint density at radius 2 is 1.44 bits per heavy atom. The Kier molecular flexibility index (Phi) is 6.18. The van der Waals surface area contributed by atoms with E-state index in [2.05, 4.69) is 45.1 Å². The Hall–Kier alpha value is -3.66. The highest BCUT2D eigenvalue weighted by Crippen LogP contribution is 2.35. The average molecular weight is 453 g/mol. The number of amides is 2. The van der Waals surface area contributed by atoms with E-state index < -0.39 is 0 Å². The fraction of sp³-hybridized carbons (Fsp3) is 0.267. The smallest absolute Gasteiger partial charge is 0.282 e. The van der Waals surface area contributed by atoms with Crippen LogP contribution in [-0.2, 0) is 21.4 Å². The number of nitrogens with one attached hydrogen (secondary N) is 1. The fourth-order valence-electron chi connectivity index (χ4n) is 4.12. The van der Waals surface area contributed by atoms with Crippen molar-refractivity contribution in [2.75, 3.05) is 10.2 Å². The monoisotopic (exact) mass is 452 g/mol. The van der Waals surface area contributed by atoms with E-state index >= 15 is 0 Å². The summed E-state index contributed by atoms with van der Waals surface area (Å²) in [6.45, 7) is 12.6. The molecule has 1 aliphatic rings. The Morgan fingerprint density at radius 3 is 2.00 bits per heavy atom. The molecule has 4 rings (SSSR count). The lowest BCUT2D eigenvalue weighted by Gasteiger charge is -2.19. The number of hydrogen-bond acceptors (Lipinski definition) is 3. The van der Waals surface area contributed by atoms with Crippen LogP contribution < -0.4 is 10.2 Å². The molecule has 0 atom stereocenters. The van der Waals surface area contributed by atoms with Gasteiger partial charge in [-0.2, -0.15) is 0 Å². The van der Waals surface area contributed by atoms with E-state index in [4.69, 9.17) is 0 Å². The van der Waals surface area contributed by atoms with E-state index in [9.17, 15) is 9.59 Å². The highest BCUT2D eigenvalue weighted by molar-refractivity contribution is 6.46. The zero-order valence-corrected chi connectivity index (χ0v) is 20.8. The molecule has 0 aliphatic carbocycles. The van der Waals surface area contributed by atoms with Gasteiger partial charge in [0.05, 0.1) is 11.3 Å². The van der Waals surface area contributed by atoms with Gasteiger partial charge in [-0.1, -0.05) is 70.2 Å². The molecule has 2 amide bonds. The van der Waals surface area contributed by atoms with Crippen molar-refractivity contribution in [2.45, 2.75) is 53.4 Å². The lowest BCUT2D eigenvalue weighted by Crippen LogP contribution is -2.32. The first-order valence-electron chi connectivity index (χ1n) is 11.8. The molecule has 3 aromatic carbocycles. The zero-order valence-electron chi connectivity index (χ0n) is 20.8. The lowest BCUT2D eigenvalue weighted by molar-refractivity contribution is -0.120. The second-order valence-electron chi connectivity index (χ2n) is 9.97. The number of nitrogens with zero attached hydrogens (tertiary/aromatic N) is 1. The summed E-state index contributed by atoms with van der Waals surface area (Å²) in [5, 5.41) is 3.27. The van der Waals surface area contributed by atoms with E-state index in [1.54, 1.807) is 0 Å². The fourth-order valence-corrected chi connectivity index (χ4v) is 4.12. The quantitative estimate of drug-likeness (QED) is 0.446. The van der Waals surface area contributed by atoms with Crippen molar-refractivity contribution < 1.29 is 9.59 Å². The molecule has 174 valence electrons. The van der Waals surface area contributed by atoms with Crippen molar-refractivity contribution in [1.29, 1.82) is 0 Å². The summed E-state index contributed by atoms with van der Waals surface area (Å²) in [5.41, 5.74) is 7.39. The molecule has 1 aliphatic heterocycles. The van der Waals surface area contributed by atoms with Crippen LogP contribution in [0.3, 0.4) is 0 Å². The van der Waals surface area contributed by atoms with Crippen molar-refractivity contribution >= 4 is 28.8 Å². The van der Waals surface area contributed by atoms with Crippen LogP contribution >= 0.6 is 0 Å². The van der Waals surface area contributed by atoms with Crippen molar-refractivity contribution in [3.8, 4) is 0 Å². The molecule has 0 unspecified atom stereocenters. The first-order chi connectivity index (χ1) is 16.1. The molecule has 34 heavy (non-hydrogen) atoms. The number of carbonyl (C=O) groups is 2. The Morgan fingerprint density at radius 1 is 0.794 bits per heavy atom. The van der Waals surface area contributed by atoms with Gasteiger partial charge in [-0.15, -0.1) is 0 Å². The van der Waals surface area contributed by atoms with Gasteiger partial charge in [0.2, 0.25) is 0 Å². The summed E-state index contributed by atoms with van der Waals surface area (Å²) in [6, 6.07) is 21.5. The van der Waals surface area contributed by atoms with Gasteiger partial charge in [-0.3, -0.25) is 9.59 Å². The van der Waals surface area contributed by atoms with E-state index in [1.165, 1.54) is 10.5 Å². The highest BCUT2D eigenvalue weighted by atomic mass is 16.2. The van der Waals surface area contributed by atoms with Crippen LogP contribution in [0.15, 0.2) is 72.4 Å². The summed E-state index contributed by atoms with van der Waals surface area (Å²) in [4.78, 5) is 28.6. The van der Waals surface area contributed by atoms with Gasteiger partial charge in [-0.25, -0.2) is 4.90 Å². The van der Waals surface area contributed by atoms with E-state index in [0.717, 1.165) is 34.4 Å². The van der Waals surface area contributed by atoms with Crippen LogP contribution in [0.25, 0.3) is 5.57 Å². The molecule has 0 saturated carbocycles. The second kappa shape index (κ2) is 8.94. The molecule has 0 spiro atoms. The number of benzene rings is 3. The molecular weight excluding hydrogens is 420 g/mol. The SMILES string of the molecule is CCc1ccc(N2C(=O)C(Nc3ccc(C(C)(C)C)cc3)=C(c3ccc(C)c(C)c3)C2=O)cc1. The third kappa shape index (κ3) is 4.41. The predicted octanol–water partition coefficient (Wildman–Crippen LogP) is 6.56. The molecular formula is C30H32N2O2. The minimum absolute atomic E-state index is 0.0307. The number of hydrogen-bond donors (Lipinski definition) is 1. The predicted molar refractivity (Wildman–Crippen MR) is 140 cm³/mol. The first-order valence-corrected chi connectivity index (χ1v) is 11.8. The Labute approximate surface area is 202 Å². The van der Waals surface area contributed by atoms with Gasteiger partial charge in [0.15, 0.2) is 0 Å². The van der Waals surface area contributed by atoms with Gasteiger partial charge in [0, 0.05) is 5.69 Å². The van der Waals surface area contributed by atoms with Crippen LogP contribution in [-0.4, -0.2) is 11.8 Å². The van der Waals surface area contributed by atoms with Crippen molar-refractivity contribution in [1.82, 2.24) is 0 Å². The zero-order chi connectivity index (χ0) is 24.6. The van der Waals surface area contributed by atoms with E-state index in [-0.39, 0.29) is 17.2 Å². The standard InChI is InChI=1S/C30H32N2O2/c1-7-21-9-16-25(17-10-21)32-28(33)26(22-11-8-19(2)20(3)18-22)27(29(32)34)31-24-14-12-23(13-15-24)30(4,5)6/h8-18,31H,7H2,1-6H3. The van der Waals surface area contributed by atoms with Gasteiger partial charge < -0.3 is 5.32 Å². The summed E-state index contributed by atoms with van der Waals surface area (Å²) in [6.07, 6.45) is 0.895. The van der Waals surface area contributed by atoms with Crippen LogP contribution in [0.4, 0.5) is 11.4 Å². The molecule has 1 heterocycles. The number of aryl methyl sites for hydroxylation is 3. The average Bonchev–Trinajstić information content (AvgIpc) is 3.05. The molecule has 0 radical (unpaired) electrons. The van der Waals surface area contributed by atoms with Gasteiger partial charge in [-0.05, 0) is 77.8 Å². The van der Waals surface area contributed by atoms with Gasteiger partial charge in [0.25, 0.3) is 11.8 Å². The number of rotatable bonds is 5. The molecule has 0 fully saturated rings. The molecule has 3 aromatic rings.